The zero-order chi connectivity index (χ0) is 16.8. The van der Waals surface area contributed by atoms with Crippen LogP contribution in [0.25, 0.3) is 32.7 Å². The first-order valence-electron chi connectivity index (χ1n) is 8.35. The van der Waals surface area contributed by atoms with Crippen LogP contribution in [0.1, 0.15) is 11.1 Å². The first-order chi connectivity index (χ1) is 12.3. The van der Waals surface area contributed by atoms with Gasteiger partial charge in [0.15, 0.2) is 0 Å². The van der Waals surface area contributed by atoms with Gasteiger partial charge in [0.2, 0.25) is 0 Å². The zero-order valence-electron chi connectivity index (χ0n) is 13.5. The van der Waals surface area contributed by atoms with Gasteiger partial charge in [-0.1, -0.05) is 48.5 Å². The minimum absolute atomic E-state index is 0.241. The minimum atomic E-state index is -0.241. The lowest BCUT2D eigenvalue weighted by molar-refractivity contribution is 0.626. The number of hydrogen-bond donors (Lipinski definition) is 0. The maximum atomic E-state index is 13.6. The van der Waals surface area contributed by atoms with Crippen LogP contribution in [0.5, 0.6) is 0 Å². The van der Waals surface area contributed by atoms with Crippen molar-refractivity contribution < 1.29 is 8.81 Å². The summed E-state index contributed by atoms with van der Waals surface area (Å²) in [6.07, 6.45) is 0.836. The second-order valence-electron chi connectivity index (χ2n) is 6.43. The van der Waals surface area contributed by atoms with Gasteiger partial charge in [-0.25, -0.2) is 4.39 Å². The third-order valence-electron chi connectivity index (χ3n) is 4.72. The van der Waals surface area contributed by atoms with E-state index < -0.39 is 0 Å². The molecule has 0 saturated carbocycles. The Kier molecular flexibility index (Phi) is 3.10. The molecule has 0 atom stereocenters. The van der Waals surface area contributed by atoms with Gasteiger partial charge < -0.3 is 4.42 Å². The quantitative estimate of drug-likeness (QED) is 0.362. The van der Waals surface area contributed by atoms with Crippen molar-refractivity contribution in [2.75, 3.05) is 0 Å². The average molecular weight is 326 g/mol. The molecule has 0 N–H and O–H groups in total. The van der Waals surface area contributed by atoms with Gasteiger partial charge in [0.05, 0.1) is 0 Å². The highest BCUT2D eigenvalue weighted by atomic mass is 19.1. The molecule has 2 heteroatoms. The van der Waals surface area contributed by atoms with E-state index in [1.165, 1.54) is 28.0 Å². The highest BCUT2D eigenvalue weighted by Crippen LogP contribution is 2.30. The SMILES string of the molecule is Fc1ccc2oc3ccc(Cc4ccc5ccccc5c4)cc3c2c1. The number of fused-ring (bicyclic) bond motifs is 4. The van der Waals surface area contributed by atoms with Crippen LogP contribution in [0.4, 0.5) is 4.39 Å². The van der Waals surface area contributed by atoms with Crippen LogP contribution in [0.15, 0.2) is 83.3 Å². The largest absolute Gasteiger partial charge is 0.456 e. The number of halogens is 1. The summed E-state index contributed by atoms with van der Waals surface area (Å²) in [5.74, 6) is -0.241. The molecule has 0 radical (unpaired) electrons. The molecule has 5 aromatic rings. The van der Waals surface area contributed by atoms with E-state index >= 15 is 0 Å². The summed E-state index contributed by atoms with van der Waals surface area (Å²) in [6.45, 7) is 0. The van der Waals surface area contributed by atoms with E-state index in [0.717, 1.165) is 28.4 Å². The summed E-state index contributed by atoms with van der Waals surface area (Å²) in [4.78, 5) is 0. The molecule has 4 aromatic carbocycles. The summed E-state index contributed by atoms with van der Waals surface area (Å²) in [5.41, 5.74) is 3.97. The van der Waals surface area contributed by atoms with Crippen LogP contribution < -0.4 is 0 Å². The fraction of sp³-hybridized carbons (Fsp3) is 0.0435. The van der Waals surface area contributed by atoms with Crippen molar-refractivity contribution in [1.82, 2.24) is 0 Å². The summed E-state index contributed by atoms with van der Waals surface area (Å²) in [6, 6.07) is 25.7. The van der Waals surface area contributed by atoms with Gasteiger partial charge in [-0.2, -0.15) is 0 Å². The summed E-state index contributed by atoms with van der Waals surface area (Å²) in [7, 11) is 0. The number of hydrogen-bond acceptors (Lipinski definition) is 1. The fourth-order valence-corrected chi connectivity index (χ4v) is 3.49. The monoisotopic (exact) mass is 326 g/mol. The lowest BCUT2D eigenvalue weighted by atomic mass is 10.00. The van der Waals surface area contributed by atoms with Gasteiger partial charge in [-0.3, -0.25) is 0 Å². The predicted molar refractivity (Wildman–Crippen MR) is 100 cm³/mol. The summed E-state index contributed by atoms with van der Waals surface area (Å²) < 4.78 is 19.4. The van der Waals surface area contributed by atoms with Crippen LogP contribution in [-0.2, 0) is 6.42 Å². The zero-order valence-corrected chi connectivity index (χ0v) is 13.5. The van der Waals surface area contributed by atoms with Gasteiger partial charge in [0.1, 0.15) is 17.0 Å². The lowest BCUT2D eigenvalue weighted by Crippen LogP contribution is -1.88. The van der Waals surface area contributed by atoms with Crippen LogP contribution >= 0.6 is 0 Å². The normalized spacial score (nSPS) is 11.6. The van der Waals surface area contributed by atoms with Crippen molar-refractivity contribution >= 4 is 32.7 Å². The van der Waals surface area contributed by atoms with Gasteiger partial charge in [0, 0.05) is 10.8 Å². The molecule has 1 heterocycles. The first-order valence-corrected chi connectivity index (χ1v) is 8.35. The molecule has 0 aliphatic heterocycles. The number of benzene rings is 4. The molecule has 0 aliphatic rings. The van der Waals surface area contributed by atoms with Gasteiger partial charge in [-0.15, -0.1) is 0 Å². The van der Waals surface area contributed by atoms with E-state index in [1.807, 2.05) is 6.07 Å². The molecule has 1 aromatic heterocycles. The van der Waals surface area contributed by atoms with Crippen molar-refractivity contribution in [2.24, 2.45) is 0 Å². The van der Waals surface area contributed by atoms with E-state index in [4.69, 9.17) is 4.42 Å². The van der Waals surface area contributed by atoms with Gasteiger partial charge in [-0.05, 0) is 58.7 Å². The van der Waals surface area contributed by atoms with Gasteiger partial charge in [0.25, 0.3) is 0 Å². The van der Waals surface area contributed by atoms with E-state index in [0.29, 0.717) is 0 Å². The Morgan fingerprint density at radius 1 is 0.640 bits per heavy atom. The Balaban J connectivity index is 1.59. The fourth-order valence-electron chi connectivity index (χ4n) is 3.49. The maximum absolute atomic E-state index is 13.6. The molecule has 1 nitrogen and oxygen atoms in total. The standard InChI is InChI=1S/C23H15FO/c24-19-8-10-23-21(14-19)20-13-16(6-9-22(20)25-23)11-15-5-7-17-3-1-2-4-18(17)12-15/h1-10,12-14H,11H2. The molecule has 25 heavy (non-hydrogen) atoms. The van der Waals surface area contributed by atoms with Crippen molar-refractivity contribution in [3.05, 3.63) is 95.8 Å². The smallest absolute Gasteiger partial charge is 0.135 e. The molecule has 0 unspecified atom stereocenters. The number of furan rings is 1. The molecule has 0 spiro atoms. The van der Waals surface area contributed by atoms with Crippen LogP contribution in [0, 0.1) is 5.82 Å². The molecule has 0 amide bonds. The maximum Gasteiger partial charge on any atom is 0.135 e. The molecule has 0 fully saturated rings. The molecular formula is C23H15FO. The predicted octanol–water partition coefficient (Wildman–Crippen LogP) is 6.47. The Morgan fingerprint density at radius 3 is 2.20 bits per heavy atom. The highest BCUT2D eigenvalue weighted by Gasteiger charge is 2.09. The Hall–Kier alpha value is -3.13. The van der Waals surface area contributed by atoms with Crippen molar-refractivity contribution in [3.63, 3.8) is 0 Å². The molecule has 0 bridgehead atoms. The van der Waals surface area contributed by atoms with Gasteiger partial charge >= 0.3 is 0 Å². The van der Waals surface area contributed by atoms with Crippen molar-refractivity contribution in [1.29, 1.82) is 0 Å². The second-order valence-corrected chi connectivity index (χ2v) is 6.43. The lowest BCUT2D eigenvalue weighted by Gasteiger charge is -2.05. The molecular weight excluding hydrogens is 311 g/mol. The van der Waals surface area contributed by atoms with Crippen molar-refractivity contribution in [3.8, 4) is 0 Å². The highest BCUT2D eigenvalue weighted by molar-refractivity contribution is 6.05. The number of rotatable bonds is 2. The van der Waals surface area contributed by atoms with Crippen LogP contribution in [0.3, 0.4) is 0 Å². The average Bonchev–Trinajstić information content (AvgIpc) is 2.99. The van der Waals surface area contributed by atoms with E-state index in [9.17, 15) is 4.39 Å². The molecule has 0 aliphatic carbocycles. The summed E-state index contributed by atoms with van der Waals surface area (Å²) in [5, 5.41) is 4.29. The van der Waals surface area contributed by atoms with E-state index in [-0.39, 0.29) is 5.82 Å². The second kappa shape index (κ2) is 5.45. The topological polar surface area (TPSA) is 13.1 Å². The van der Waals surface area contributed by atoms with Crippen LogP contribution in [-0.4, -0.2) is 0 Å². The molecule has 0 saturated heterocycles. The van der Waals surface area contributed by atoms with E-state index in [1.54, 1.807) is 12.1 Å². The Morgan fingerprint density at radius 2 is 1.32 bits per heavy atom. The minimum Gasteiger partial charge on any atom is -0.456 e. The first kappa shape index (κ1) is 14.2. The van der Waals surface area contributed by atoms with Crippen LogP contribution in [0.2, 0.25) is 0 Å². The summed E-state index contributed by atoms with van der Waals surface area (Å²) >= 11 is 0. The molecule has 120 valence electrons. The van der Waals surface area contributed by atoms with Crippen molar-refractivity contribution in [2.45, 2.75) is 6.42 Å². The Bertz CT molecular complexity index is 1230. The van der Waals surface area contributed by atoms with E-state index in [2.05, 4.69) is 54.6 Å². The molecule has 5 rings (SSSR count). The third-order valence-corrected chi connectivity index (χ3v) is 4.72. The third kappa shape index (κ3) is 2.47. The Labute approximate surface area is 144 Å².